The lowest BCUT2D eigenvalue weighted by Crippen LogP contribution is -2.37. The number of ether oxygens (including phenoxy) is 1. The molecule has 1 rings (SSSR count). The van der Waals surface area contributed by atoms with Crippen molar-refractivity contribution < 1.29 is 23.6 Å². The van der Waals surface area contributed by atoms with Gasteiger partial charge in [0.2, 0.25) is 0 Å². The molecule has 3 amide bonds. The molecule has 0 aliphatic carbocycles. The number of aromatic nitrogens is 1. The Morgan fingerprint density at radius 3 is 2.53 bits per heavy atom. The minimum Gasteiger partial charge on any atom is -0.452 e. The van der Waals surface area contributed by atoms with Crippen LogP contribution in [0, 0.1) is 13.8 Å². The molecule has 0 saturated carbocycles. The summed E-state index contributed by atoms with van der Waals surface area (Å²) in [6.07, 6.45) is 0. The van der Waals surface area contributed by atoms with Crippen LogP contribution in [0.25, 0.3) is 0 Å². The van der Waals surface area contributed by atoms with Gasteiger partial charge in [-0.2, -0.15) is 0 Å². The third-order valence-corrected chi connectivity index (χ3v) is 1.83. The van der Waals surface area contributed by atoms with E-state index in [1.165, 1.54) is 0 Å². The van der Waals surface area contributed by atoms with E-state index in [0.717, 1.165) is 0 Å². The second kappa shape index (κ2) is 5.10. The zero-order chi connectivity index (χ0) is 13.0. The molecule has 0 aromatic carbocycles. The van der Waals surface area contributed by atoms with Gasteiger partial charge in [0.25, 0.3) is 5.91 Å². The van der Waals surface area contributed by atoms with Crippen molar-refractivity contribution in [2.45, 2.75) is 13.8 Å². The molecule has 0 aliphatic heterocycles. The number of hydrogen-bond acceptors (Lipinski definition) is 6. The van der Waals surface area contributed by atoms with Gasteiger partial charge >= 0.3 is 12.0 Å². The number of nitrogens with zero attached hydrogens (tertiary/aromatic N) is 1. The standard InChI is InChI=1S/C9H11N3O5/c1-4-7(5(2)17-12-4)8(14)16-3-6(13)11-9(10)15/h3H2,1-2H3,(H3,10,11,13,15). The highest BCUT2D eigenvalue weighted by Gasteiger charge is 2.19. The number of primary amides is 1. The van der Waals surface area contributed by atoms with Gasteiger partial charge in [0.15, 0.2) is 6.61 Å². The Morgan fingerprint density at radius 2 is 2.06 bits per heavy atom. The summed E-state index contributed by atoms with van der Waals surface area (Å²) in [5.41, 5.74) is 5.23. The number of aryl methyl sites for hydroxylation is 2. The molecule has 8 nitrogen and oxygen atoms in total. The average Bonchev–Trinajstić information content (AvgIpc) is 2.54. The van der Waals surface area contributed by atoms with Crippen LogP contribution in [-0.4, -0.2) is 29.7 Å². The van der Waals surface area contributed by atoms with Crippen molar-refractivity contribution in [3.05, 3.63) is 17.0 Å². The number of urea groups is 1. The molecule has 17 heavy (non-hydrogen) atoms. The lowest BCUT2D eigenvalue weighted by Gasteiger charge is -2.03. The van der Waals surface area contributed by atoms with Crippen LogP contribution >= 0.6 is 0 Å². The Labute approximate surface area is 96.1 Å². The van der Waals surface area contributed by atoms with E-state index in [0.29, 0.717) is 11.5 Å². The van der Waals surface area contributed by atoms with Crippen molar-refractivity contribution >= 4 is 17.9 Å². The SMILES string of the molecule is Cc1noc(C)c1C(=O)OCC(=O)NC(N)=O. The summed E-state index contributed by atoms with van der Waals surface area (Å²) in [4.78, 5) is 32.8. The topological polar surface area (TPSA) is 125 Å². The van der Waals surface area contributed by atoms with E-state index >= 15 is 0 Å². The minimum absolute atomic E-state index is 0.164. The molecule has 0 aliphatic rings. The molecule has 0 unspecified atom stereocenters. The summed E-state index contributed by atoms with van der Waals surface area (Å²) in [5.74, 6) is -1.26. The van der Waals surface area contributed by atoms with E-state index in [1.807, 2.05) is 0 Å². The van der Waals surface area contributed by atoms with Gasteiger partial charge in [-0.3, -0.25) is 10.1 Å². The monoisotopic (exact) mass is 241 g/mol. The highest BCUT2D eigenvalue weighted by Crippen LogP contribution is 2.13. The maximum absolute atomic E-state index is 11.5. The lowest BCUT2D eigenvalue weighted by molar-refractivity contribution is -0.123. The number of esters is 1. The minimum atomic E-state index is -1.01. The second-order valence-corrected chi connectivity index (χ2v) is 3.19. The maximum Gasteiger partial charge on any atom is 0.344 e. The van der Waals surface area contributed by atoms with E-state index in [2.05, 4.69) is 9.89 Å². The van der Waals surface area contributed by atoms with Crippen molar-refractivity contribution in [2.24, 2.45) is 5.73 Å². The number of imide groups is 1. The molecule has 0 saturated heterocycles. The van der Waals surface area contributed by atoms with Gasteiger partial charge < -0.3 is 15.0 Å². The summed E-state index contributed by atoms with van der Waals surface area (Å²) >= 11 is 0. The lowest BCUT2D eigenvalue weighted by atomic mass is 10.2. The van der Waals surface area contributed by atoms with Crippen LogP contribution in [0.3, 0.4) is 0 Å². The van der Waals surface area contributed by atoms with Crippen LogP contribution in [-0.2, 0) is 9.53 Å². The van der Waals surface area contributed by atoms with Gasteiger partial charge in [0, 0.05) is 0 Å². The van der Waals surface area contributed by atoms with Crippen LogP contribution < -0.4 is 11.1 Å². The van der Waals surface area contributed by atoms with E-state index < -0.39 is 24.5 Å². The van der Waals surface area contributed by atoms with Crippen molar-refractivity contribution in [3.63, 3.8) is 0 Å². The molecule has 0 bridgehead atoms. The fourth-order valence-electron chi connectivity index (χ4n) is 1.15. The summed E-state index contributed by atoms with van der Waals surface area (Å²) in [6.45, 7) is 2.50. The fraction of sp³-hybridized carbons (Fsp3) is 0.333. The first-order chi connectivity index (χ1) is 7.91. The molecule has 0 spiro atoms. The normalized spacial score (nSPS) is 9.76. The zero-order valence-electron chi connectivity index (χ0n) is 9.27. The molecule has 1 aromatic rings. The Bertz CT molecular complexity index is 446. The van der Waals surface area contributed by atoms with E-state index in [-0.39, 0.29) is 5.56 Å². The first-order valence-electron chi connectivity index (χ1n) is 4.61. The van der Waals surface area contributed by atoms with Crippen LogP contribution in [0.15, 0.2) is 4.52 Å². The molecule has 0 fully saturated rings. The number of amides is 3. The number of carbonyl (C=O) groups excluding carboxylic acids is 3. The molecule has 92 valence electrons. The summed E-state index contributed by atoms with van der Waals surface area (Å²) in [6, 6.07) is -1.01. The quantitative estimate of drug-likeness (QED) is 0.696. The maximum atomic E-state index is 11.5. The third kappa shape index (κ3) is 3.30. The Morgan fingerprint density at radius 1 is 1.41 bits per heavy atom. The summed E-state index contributed by atoms with van der Waals surface area (Å²) < 4.78 is 9.41. The van der Waals surface area contributed by atoms with E-state index in [4.69, 9.17) is 10.3 Å². The van der Waals surface area contributed by atoms with Gasteiger partial charge in [-0.1, -0.05) is 5.16 Å². The molecular weight excluding hydrogens is 230 g/mol. The highest BCUT2D eigenvalue weighted by molar-refractivity contribution is 5.97. The second-order valence-electron chi connectivity index (χ2n) is 3.19. The van der Waals surface area contributed by atoms with Crippen LogP contribution in [0.5, 0.6) is 0 Å². The van der Waals surface area contributed by atoms with E-state index in [9.17, 15) is 14.4 Å². The molecule has 1 aromatic heterocycles. The van der Waals surface area contributed by atoms with Crippen LogP contribution in [0.1, 0.15) is 21.8 Å². The first-order valence-corrected chi connectivity index (χ1v) is 4.61. The molecule has 3 N–H and O–H groups in total. The molecule has 8 heteroatoms. The van der Waals surface area contributed by atoms with Gasteiger partial charge in [-0.25, -0.2) is 9.59 Å². The highest BCUT2D eigenvalue weighted by atomic mass is 16.5. The molecule has 0 atom stereocenters. The van der Waals surface area contributed by atoms with Crippen molar-refractivity contribution in [2.75, 3.05) is 6.61 Å². The summed E-state index contributed by atoms with van der Waals surface area (Å²) in [7, 11) is 0. The third-order valence-electron chi connectivity index (χ3n) is 1.83. The van der Waals surface area contributed by atoms with Gasteiger partial charge in [-0.15, -0.1) is 0 Å². The Balaban J connectivity index is 2.56. The van der Waals surface area contributed by atoms with Gasteiger partial charge in [0.1, 0.15) is 11.3 Å². The van der Waals surface area contributed by atoms with Crippen molar-refractivity contribution in [3.8, 4) is 0 Å². The van der Waals surface area contributed by atoms with E-state index in [1.54, 1.807) is 19.2 Å². The number of nitrogens with one attached hydrogen (secondary N) is 1. The number of hydrogen-bond donors (Lipinski definition) is 2. The van der Waals surface area contributed by atoms with Crippen molar-refractivity contribution in [1.29, 1.82) is 0 Å². The number of nitrogens with two attached hydrogens (primary N) is 1. The number of carbonyl (C=O) groups is 3. The Hall–Kier alpha value is -2.38. The first kappa shape index (κ1) is 12.7. The predicted octanol–water partition coefficient (Wildman–Crippen LogP) is -0.357. The van der Waals surface area contributed by atoms with Crippen LogP contribution in [0.2, 0.25) is 0 Å². The Kier molecular flexibility index (Phi) is 3.81. The predicted molar refractivity (Wildman–Crippen MR) is 54.0 cm³/mol. The average molecular weight is 241 g/mol. The largest absolute Gasteiger partial charge is 0.452 e. The zero-order valence-corrected chi connectivity index (χ0v) is 9.27. The molecule has 0 radical (unpaired) electrons. The molecule has 1 heterocycles. The van der Waals surface area contributed by atoms with Crippen LogP contribution in [0.4, 0.5) is 4.79 Å². The summed E-state index contributed by atoms with van der Waals surface area (Å²) in [5, 5.41) is 5.32. The van der Waals surface area contributed by atoms with Crippen molar-refractivity contribution in [1.82, 2.24) is 10.5 Å². The fourth-order valence-corrected chi connectivity index (χ4v) is 1.15. The van der Waals surface area contributed by atoms with Gasteiger partial charge in [-0.05, 0) is 13.8 Å². The molecular formula is C9H11N3O5. The van der Waals surface area contributed by atoms with Gasteiger partial charge in [0.05, 0.1) is 5.69 Å². The number of rotatable bonds is 3. The smallest absolute Gasteiger partial charge is 0.344 e.